The Morgan fingerprint density at radius 2 is 1.42 bits per heavy atom. The highest BCUT2D eigenvalue weighted by Crippen LogP contribution is 2.66. The lowest BCUT2D eigenvalue weighted by atomic mass is 9.49. The molecule has 55 heavy (non-hydrogen) atoms. The van der Waals surface area contributed by atoms with Crippen LogP contribution in [0, 0.1) is 23.7 Å². The number of halogens is 1. The van der Waals surface area contributed by atoms with Crippen molar-refractivity contribution >= 4 is 58.0 Å². The van der Waals surface area contributed by atoms with Gasteiger partial charge in [-0.15, -0.1) is 0 Å². The van der Waals surface area contributed by atoms with E-state index in [1.54, 1.807) is 54.6 Å². The highest BCUT2D eigenvalue weighted by Gasteiger charge is 2.71. The summed E-state index contributed by atoms with van der Waals surface area (Å²) in [5.41, 5.74) is 2.60. The lowest BCUT2D eigenvalue weighted by Gasteiger charge is -2.51. The average Bonchev–Trinajstić information content (AvgIpc) is 3.59. The molecule has 3 fully saturated rings. The highest BCUT2D eigenvalue weighted by molar-refractivity contribution is 6.32. The number of phenols is 1. The van der Waals surface area contributed by atoms with Crippen molar-refractivity contribution in [2.75, 3.05) is 22.2 Å². The zero-order valence-corrected chi connectivity index (χ0v) is 30.5. The summed E-state index contributed by atoms with van der Waals surface area (Å²) in [4.78, 5) is 61.9. The zero-order valence-electron chi connectivity index (χ0n) is 29.8. The summed E-state index contributed by atoms with van der Waals surface area (Å²) in [7, 11) is 1.49. The first-order valence-corrected chi connectivity index (χ1v) is 18.7. The first kappa shape index (κ1) is 34.6. The molecule has 0 aromatic heterocycles. The molecule has 4 aliphatic rings. The number of anilines is 4. The summed E-state index contributed by atoms with van der Waals surface area (Å²) in [5.74, 6) is -5.32. The van der Waals surface area contributed by atoms with Crippen molar-refractivity contribution in [2.45, 2.75) is 24.2 Å². The quantitative estimate of drug-likeness (QED) is 0.127. The van der Waals surface area contributed by atoms with Gasteiger partial charge >= 0.3 is 0 Å². The molecule has 0 spiro atoms. The third kappa shape index (κ3) is 5.21. The van der Waals surface area contributed by atoms with E-state index in [0.29, 0.717) is 33.3 Å². The number of hydrogen-bond donors (Lipinski definition) is 2. The van der Waals surface area contributed by atoms with Crippen LogP contribution in [0.4, 0.5) is 22.7 Å². The van der Waals surface area contributed by atoms with Crippen molar-refractivity contribution in [3.05, 3.63) is 155 Å². The van der Waals surface area contributed by atoms with Gasteiger partial charge in [-0.1, -0.05) is 83.9 Å². The van der Waals surface area contributed by atoms with Gasteiger partial charge in [0, 0.05) is 27.9 Å². The summed E-state index contributed by atoms with van der Waals surface area (Å²) in [6.45, 7) is 0. The molecule has 5 aromatic rings. The van der Waals surface area contributed by atoms with E-state index in [0.717, 1.165) is 16.9 Å². The number of hydrogen-bond acceptors (Lipinski definition) is 7. The van der Waals surface area contributed by atoms with Crippen LogP contribution in [0.15, 0.2) is 139 Å². The van der Waals surface area contributed by atoms with Crippen LogP contribution < -0.4 is 19.9 Å². The molecule has 2 aliphatic heterocycles. The number of ether oxygens (including phenoxy) is 1. The van der Waals surface area contributed by atoms with Gasteiger partial charge in [-0.3, -0.25) is 24.1 Å². The Hall–Kier alpha value is -6.19. The number of aromatic hydroxyl groups is 1. The fourth-order valence-electron chi connectivity index (χ4n) is 9.69. The first-order chi connectivity index (χ1) is 26.7. The number of nitrogens with one attached hydrogen (secondary N) is 1. The summed E-state index contributed by atoms with van der Waals surface area (Å²) in [6.07, 6.45) is 2.33. The Kier molecular flexibility index (Phi) is 8.35. The molecule has 9 nitrogen and oxygen atoms in total. The van der Waals surface area contributed by atoms with Crippen LogP contribution >= 0.6 is 11.6 Å². The van der Waals surface area contributed by atoms with Gasteiger partial charge in [-0.2, -0.15) is 0 Å². The Morgan fingerprint density at radius 3 is 2.13 bits per heavy atom. The molecule has 2 aliphatic carbocycles. The molecule has 4 amide bonds. The SMILES string of the molecule is COc1cccc(O)c1C1C2=CCC3C(=O)N(c4ccc(Nc5ccccc5)cc4)C(=O)C3C2CC2C(=O)N(c3cccc(Cl)c3)C(=O)C21c1ccccc1. The van der Waals surface area contributed by atoms with Crippen LogP contribution in [-0.2, 0) is 24.6 Å². The van der Waals surface area contributed by atoms with Gasteiger partial charge in [0.25, 0.3) is 0 Å². The molecule has 2 heterocycles. The molecule has 6 unspecified atom stereocenters. The maximum atomic E-state index is 15.5. The predicted molar refractivity (Wildman–Crippen MR) is 209 cm³/mol. The topological polar surface area (TPSA) is 116 Å². The number of imide groups is 2. The van der Waals surface area contributed by atoms with E-state index in [9.17, 15) is 19.5 Å². The third-order valence-corrected chi connectivity index (χ3v) is 12.1. The molecule has 0 radical (unpaired) electrons. The second kappa shape index (κ2) is 13.3. The third-order valence-electron chi connectivity index (χ3n) is 11.9. The monoisotopic (exact) mass is 749 g/mol. The van der Waals surface area contributed by atoms with Crippen molar-refractivity contribution in [3.63, 3.8) is 0 Å². The van der Waals surface area contributed by atoms with Crippen molar-refractivity contribution in [1.29, 1.82) is 0 Å². The smallest absolute Gasteiger partial charge is 0.246 e. The number of amides is 4. The summed E-state index contributed by atoms with van der Waals surface area (Å²) >= 11 is 6.42. The number of methoxy groups -OCH3 is 1. The van der Waals surface area contributed by atoms with Crippen molar-refractivity contribution < 1.29 is 29.0 Å². The Balaban J connectivity index is 1.19. The number of benzene rings is 5. The maximum absolute atomic E-state index is 15.5. The number of allylic oxidation sites excluding steroid dienone is 2. The van der Waals surface area contributed by atoms with Gasteiger partial charge in [-0.05, 0) is 91.1 Å². The van der Waals surface area contributed by atoms with Crippen LogP contribution in [0.2, 0.25) is 5.02 Å². The minimum atomic E-state index is -1.55. The highest BCUT2D eigenvalue weighted by atomic mass is 35.5. The first-order valence-electron chi connectivity index (χ1n) is 18.3. The van der Waals surface area contributed by atoms with Gasteiger partial charge in [0.2, 0.25) is 23.6 Å². The predicted octanol–water partition coefficient (Wildman–Crippen LogP) is 8.16. The van der Waals surface area contributed by atoms with Crippen LogP contribution in [-0.4, -0.2) is 35.8 Å². The normalized spacial score (nSPS) is 25.6. The number of para-hydroxylation sites is 1. The largest absolute Gasteiger partial charge is 0.508 e. The molecular formula is C45H36ClN3O6. The van der Waals surface area contributed by atoms with Gasteiger partial charge in [0.15, 0.2) is 0 Å². The number of rotatable bonds is 7. The van der Waals surface area contributed by atoms with E-state index < -0.39 is 46.8 Å². The Labute approximate surface area is 322 Å². The van der Waals surface area contributed by atoms with Gasteiger partial charge in [0.05, 0.1) is 41.7 Å². The number of carbonyl (C=O) groups excluding carboxylic acids is 4. The van der Waals surface area contributed by atoms with E-state index in [1.165, 1.54) is 16.9 Å². The lowest BCUT2D eigenvalue weighted by Crippen LogP contribution is -2.53. The van der Waals surface area contributed by atoms with E-state index in [4.69, 9.17) is 16.3 Å². The van der Waals surface area contributed by atoms with E-state index in [2.05, 4.69) is 5.32 Å². The van der Waals surface area contributed by atoms with Crippen LogP contribution in [0.5, 0.6) is 11.5 Å². The standard InChI is InChI=1S/C45H36ClN3O6/c1-55-37-17-9-16-36(50)39(37)40-32-22-23-33-38(43(53)48(41(33)51)30-20-18-29(19-21-30)47-28-13-6-3-7-14-28)34(32)25-35-42(52)49(31-15-8-12-27(46)24-31)44(54)45(35,40)26-10-4-2-5-11-26/h2-22,24,33-35,38,40,47,50H,23,25H2,1H3. The molecule has 2 saturated heterocycles. The van der Waals surface area contributed by atoms with Gasteiger partial charge in [0.1, 0.15) is 11.5 Å². The molecule has 0 bridgehead atoms. The van der Waals surface area contributed by atoms with Gasteiger partial charge < -0.3 is 15.2 Å². The fraction of sp³-hybridized carbons (Fsp3) is 0.200. The average molecular weight is 750 g/mol. The number of carbonyl (C=O) groups is 4. The Bertz CT molecular complexity index is 2400. The number of fused-ring (bicyclic) bond motifs is 4. The maximum Gasteiger partial charge on any atom is 0.246 e. The second-order valence-electron chi connectivity index (χ2n) is 14.5. The molecule has 5 aromatic carbocycles. The van der Waals surface area contributed by atoms with E-state index in [1.807, 2.05) is 78.9 Å². The molecule has 6 atom stereocenters. The van der Waals surface area contributed by atoms with Crippen molar-refractivity contribution in [3.8, 4) is 11.5 Å². The van der Waals surface area contributed by atoms with Crippen LogP contribution in [0.1, 0.15) is 29.9 Å². The van der Waals surface area contributed by atoms with Crippen molar-refractivity contribution in [1.82, 2.24) is 0 Å². The summed E-state index contributed by atoms with van der Waals surface area (Å²) < 4.78 is 5.88. The number of nitrogens with zero attached hydrogens (tertiary/aromatic N) is 2. The molecule has 2 N–H and O–H groups in total. The van der Waals surface area contributed by atoms with Gasteiger partial charge in [-0.25, -0.2) is 4.90 Å². The summed E-state index contributed by atoms with van der Waals surface area (Å²) in [5, 5.41) is 15.4. The summed E-state index contributed by atoms with van der Waals surface area (Å²) in [6, 6.07) is 37.6. The van der Waals surface area contributed by atoms with Crippen molar-refractivity contribution in [2.24, 2.45) is 23.7 Å². The van der Waals surface area contributed by atoms with Crippen LogP contribution in [0.25, 0.3) is 0 Å². The van der Waals surface area contributed by atoms with E-state index in [-0.39, 0.29) is 30.4 Å². The Morgan fingerprint density at radius 1 is 0.727 bits per heavy atom. The molecular weight excluding hydrogens is 714 g/mol. The molecule has 1 saturated carbocycles. The molecule has 10 heteroatoms. The minimum absolute atomic E-state index is 0.108. The van der Waals surface area contributed by atoms with Crippen LogP contribution in [0.3, 0.4) is 0 Å². The number of phenolic OH excluding ortho intramolecular Hbond substituents is 1. The lowest BCUT2D eigenvalue weighted by molar-refractivity contribution is -0.127. The molecule has 9 rings (SSSR count). The second-order valence-corrected chi connectivity index (χ2v) is 15.0. The van der Waals surface area contributed by atoms with E-state index >= 15 is 4.79 Å². The zero-order chi connectivity index (χ0) is 38.0. The molecule has 274 valence electrons. The fourth-order valence-corrected chi connectivity index (χ4v) is 9.88. The minimum Gasteiger partial charge on any atom is -0.508 e.